The quantitative estimate of drug-likeness (QED) is 0.175. The van der Waals surface area contributed by atoms with Crippen molar-refractivity contribution in [2.75, 3.05) is 13.2 Å². The van der Waals surface area contributed by atoms with Gasteiger partial charge in [-0.05, 0) is 44.5 Å². The van der Waals surface area contributed by atoms with Crippen LogP contribution in [0.4, 0.5) is 5.69 Å². The second-order valence-electron chi connectivity index (χ2n) is 7.08. The Labute approximate surface area is 172 Å². The average molecular weight is 414 g/mol. The molecule has 1 aromatic heterocycles. The molecule has 9 heteroatoms. The number of Topliss-reactive ketones (excluding diaryl/α,β-unsaturated/α-hetero) is 1. The molecule has 3 rings (SSSR count). The number of nitro groups is 1. The number of nitrogens with zero attached hydrogens (tertiary/aromatic N) is 2. The molecule has 1 aromatic carbocycles. The van der Waals surface area contributed by atoms with Gasteiger partial charge in [-0.25, -0.2) is 0 Å². The van der Waals surface area contributed by atoms with E-state index in [1.807, 2.05) is 13.8 Å². The topological polar surface area (TPSA) is 123 Å². The number of likely N-dealkylation sites (tertiary alicyclic amines) is 1. The van der Waals surface area contributed by atoms with Gasteiger partial charge in [-0.2, -0.15) is 0 Å². The molecule has 0 bridgehead atoms. The lowest BCUT2D eigenvalue weighted by Gasteiger charge is -2.23. The molecule has 30 heavy (non-hydrogen) atoms. The lowest BCUT2D eigenvalue weighted by Crippen LogP contribution is -2.31. The summed E-state index contributed by atoms with van der Waals surface area (Å²) in [5.41, 5.74) is -0.0772. The first-order valence-corrected chi connectivity index (χ1v) is 9.49. The van der Waals surface area contributed by atoms with E-state index >= 15 is 0 Å². The summed E-state index contributed by atoms with van der Waals surface area (Å²) in [7, 11) is 0. The third-order valence-corrected chi connectivity index (χ3v) is 4.70. The van der Waals surface area contributed by atoms with Crippen LogP contribution >= 0.6 is 0 Å². The number of hydrogen-bond donors (Lipinski definition) is 1. The van der Waals surface area contributed by atoms with Crippen molar-refractivity contribution in [3.8, 4) is 0 Å². The van der Waals surface area contributed by atoms with E-state index in [2.05, 4.69) is 0 Å². The standard InChI is InChI=1S/C21H22N2O7/c1-13(2)29-12-4-10-22-18(16-5-3-11-30-16)17(20(25)21(22)26)19(24)14-6-8-15(9-7-14)23(27)28/h3,5-9,11,13,18,24H,4,10,12H2,1-2H3/t18-/m1/s1. The van der Waals surface area contributed by atoms with Crippen LogP contribution in [0.2, 0.25) is 0 Å². The summed E-state index contributed by atoms with van der Waals surface area (Å²) in [6.45, 7) is 4.45. The fraction of sp³-hybridized carbons (Fsp3) is 0.333. The molecule has 1 amide bonds. The molecule has 2 aromatic rings. The molecule has 0 aliphatic carbocycles. The van der Waals surface area contributed by atoms with Gasteiger partial charge in [0.1, 0.15) is 17.6 Å². The molecule has 9 nitrogen and oxygen atoms in total. The molecule has 0 unspecified atom stereocenters. The van der Waals surface area contributed by atoms with E-state index in [1.54, 1.807) is 12.1 Å². The molecule has 1 aliphatic heterocycles. The fourth-order valence-electron chi connectivity index (χ4n) is 3.30. The van der Waals surface area contributed by atoms with E-state index in [0.29, 0.717) is 18.8 Å². The number of aliphatic hydroxyl groups is 1. The van der Waals surface area contributed by atoms with Crippen molar-refractivity contribution in [3.05, 3.63) is 69.7 Å². The van der Waals surface area contributed by atoms with Gasteiger partial charge < -0.3 is 19.2 Å². The maximum absolute atomic E-state index is 12.8. The summed E-state index contributed by atoms with van der Waals surface area (Å²) >= 11 is 0. The van der Waals surface area contributed by atoms with Crippen molar-refractivity contribution in [2.24, 2.45) is 0 Å². The molecule has 0 radical (unpaired) electrons. The van der Waals surface area contributed by atoms with Crippen LogP contribution in [0.5, 0.6) is 0 Å². The van der Waals surface area contributed by atoms with Gasteiger partial charge in [0, 0.05) is 30.8 Å². The van der Waals surface area contributed by atoms with Crippen LogP contribution in [0.3, 0.4) is 0 Å². The SMILES string of the molecule is CC(C)OCCCN1C(=O)C(=O)C(=C(O)c2ccc([N+](=O)[O-])cc2)[C@H]1c1ccco1. The van der Waals surface area contributed by atoms with Crippen LogP contribution in [0, 0.1) is 10.1 Å². The van der Waals surface area contributed by atoms with Crippen LogP contribution in [0.15, 0.2) is 52.7 Å². The zero-order valence-corrected chi connectivity index (χ0v) is 16.6. The molecule has 1 aliphatic rings. The van der Waals surface area contributed by atoms with Gasteiger partial charge in [0.2, 0.25) is 0 Å². The summed E-state index contributed by atoms with van der Waals surface area (Å²) in [6.07, 6.45) is 1.96. The number of benzene rings is 1. The van der Waals surface area contributed by atoms with Gasteiger partial charge in [0.15, 0.2) is 0 Å². The molecule has 1 N–H and O–H groups in total. The molecule has 0 spiro atoms. The summed E-state index contributed by atoms with van der Waals surface area (Å²) in [6, 6.07) is 7.45. The highest BCUT2D eigenvalue weighted by Gasteiger charge is 2.47. The van der Waals surface area contributed by atoms with Gasteiger partial charge >= 0.3 is 0 Å². The van der Waals surface area contributed by atoms with E-state index in [9.17, 15) is 24.8 Å². The Morgan fingerprint density at radius 3 is 2.53 bits per heavy atom. The van der Waals surface area contributed by atoms with Crippen LogP contribution < -0.4 is 0 Å². The van der Waals surface area contributed by atoms with Crippen molar-refractivity contribution in [1.82, 2.24) is 4.90 Å². The number of carbonyl (C=O) groups is 2. The van der Waals surface area contributed by atoms with Crippen molar-refractivity contribution < 1.29 is 28.8 Å². The normalized spacial score (nSPS) is 18.4. The van der Waals surface area contributed by atoms with Crippen molar-refractivity contribution in [2.45, 2.75) is 32.4 Å². The van der Waals surface area contributed by atoms with Crippen LogP contribution in [-0.4, -0.2) is 45.9 Å². The minimum absolute atomic E-state index is 0.0448. The number of carbonyl (C=O) groups excluding carboxylic acids is 2. The van der Waals surface area contributed by atoms with E-state index in [4.69, 9.17) is 9.15 Å². The minimum Gasteiger partial charge on any atom is -0.507 e. The lowest BCUT2D eigenvalue weighted by molar-refractivity contribution is -0.384. The Bertz CT molecular complexity index is 962. The highest BCUT2D eigenvalue weighted by atomic mass is 16.6. The number of ketones is 1. The summed E-state index contributed by atoms with van der Waals surface area (Å²) in [4.78, 5) is 37.1. The number of aliphatic hydroxyl groups excluding tert-OH is 1. The summed E-state index contributed by atoms with van der Waals surface area (Å²) < 4.78 is 10.9. The average Bonchev–Trinajstić information content (AvgIpc) is 3.32. The Hall–Kier alpha value is -3.46. The molecule has 1 atom stereocenters. The van der Waals surface area contributed by atoms with E-state index in [1.165, 1.54) is 35.4 Å². The van der Waals surface area contributed by atoms with Gasteiger partial charge in [0.25, 0.3) is 17.4 Å². The molecular weight excluding hydrogens is 392 g/mol. The van der Waals surface area contributed by atoms with Crippen molar-refractivity contribution in [1.29, 1.82) is 0 Å². The largest absolute Gasteiger partial charge is 0.507 e. The number of furan rings is 1. The first-order valence-electron chi connectivity index (χ1n) is 9.49. The van der Waals surface area contributed by atoms with Gasteiger partial charge in [-0.3, -0.25) is 19.7 Å². The molecule has 158 valence electrons. The van der Waals surface area contributed by atoms with Crippen LogP contribution in [0.1, 0.15) is 37.6 Å². The second kappa shape index (κ2) is 8.91. The highest BCUT2D eigenvalue weighted by molar-refractivity contribution is 6.46. The maximum atomic E-state index is 12.8. The van der Waals surface area contributed by atoms with Crippen LogP contribution in [-0.2, 0) is 14.3 Å². The maximum Gasteiger partial charge on any atom is 0.295 e. The van der Waals surface area contributed by atoms with E-state index in [0.717, 1.165) is 0 Å². The van der Waals surface area contributed by atoms with Gasteiger partial charge in [-0.1, -0.05) is 0 Å². The number of hydrogen-bond acceptors (Lipinski definition) is 7. The van der Waals surface area contributed by atoms with Crippen LogP contribution in [0.25, 0.3) is 5.76 Å². The lowest BCUT2D eigenvalue weighted by atomic mass is 9.99. The number of ether oxygens (including phenoxy) is 1. The highest BCUT2D eigenvalue weighted by Crippen LogP contribution is 2.39. The summed E-state index contributed by atoms with van der Waals surface area (Å²) in [5, 5.41) is 21.7. The molecule has 1 fully saturated rings. The van der Waals surface area contributed by atoms with Crippen molar-refractivity contribution >= 4 is 23.1 Å². The third kappa shape index (κ3) is 4.25. The van der Waals surface area contributed by atoms with E-state index in [-0.39, 0.29) is 29.5 Å². The second-order valence-corrected chi connectivity index (χ2v) is 7.08. The predicted molar refractivity (Wildman–Crippen MR) is 107 cm³/mol. The number of non-ortho nitro benzene ring substituents is 1. The number of nitro benzene ring substituents is 1. The number of rotatable bonds is 8. The van der Waals surface area contributed by atoms with Gasteiger partial charge in [0.05, 0.1) is 22.9 Å². The molecular formula is C21H22N2O7. The molecule has 1 saturated heterocycles. The van der Waals surface area contributed by atoms with Crippen molar-refractivity contribution in [3.63, 3.8) is 0 Å². The Morgan fingerprint density at radius 2 is 1.97 bits per heavy atom. The Kier molecular flexibility index (Phi) is 6.31. The Balaban J connectivity index is 1.97. The predicted octanol–water partition coefficient (Wildman–Crippen LogP) is 3.42. The fourth-order valence-corrected chi connectivity index (χ4v) is 3.30. The smallest absolute Gasteiger partial charge is 0.295 e. The van der Waals surface area contributed by atoms with Gasteiger partial charge in [-0.15, -0.1) is 0 Å². The molecule has 2 heterocycles. The van der Waals surface area contributed by atoms with E-state index < -0.39 is 28.4 Å². The zero-order valence-electron chi connectivity index (χ0n) is 16.6. The first-order chi connectivity index (χ1) is 14.3. The monoisotopic (exact) mass is 414 g/mol. The number of amides is 1. The zero-order chi connectivity index (χ0) is 21.8. The third-order valence-electron chi connectivity index (χ3n) is 4.70. The Morgan fingerprint density at radius 1 is 1.27 bits per heavy atom. The minimum atomic E-state index is -0.894. The summed E-state index contributed by atoms with van der Waals surface area (Å²) in [5.74, 6) is -1.66. The molecule has 0 saturated carbocycles. The first kappa shape index (κ1) is 21.3.